The number of anilines is 4. The zero-order chi connectivity index (χ0) is 37.6. The molecule has 0 aliphatic heterocycles. The maximum Gasteiger partial charge on any atom is 0.295 e. The van der Waals surface area contributed by atoms with E-state index in [0.717, 1.165) is 24.3 Å². The summed E-state index contributed by atoms with van der Waals surface area (Å²) >= 11 is 3.93. The van der Waals surface area contributed by atoms with Gasteiger partial charge < -0.3 is 15.2 Å². The molecule has 0 saturated heterocycles. The Kier molecular flexibility index (Phi) is 9.77. The molecule has 6 N–H and O–H groups in total. The lowest BCUT2D eigenvalue weighted by molar-refractivity contribution is 0.481. The third kappa shape index (κ3) is 7.89. The molecular formula is C29H20ClN7O11S4. The molecule has 1 atom stereocenters. The summed E-state index contributed by atoms with van der Waals surface area (Å²) in [7, 11) is -14.7. The van der Waals surface area contributed by atoms with Crippen LogP contribution in [0.4, 0.5) is 34.6 Å². The van der Waals surface area contributed by atoms with Gasteiger partial charge in [0.2, 0.25) is 17.2 Å². The minimum absolute atomic E-state index is 0.0223. The second-order valence-electron chi connectivity index (χ2n) is 10.5. The number of nitrogens with one attached hydrogen (secondary N) is 2. The number of hydrogen-bond acceptors (Lipinski definition) is 14. The molecule has 268 valence electrons. The van der Waals surface area contributed by atoms with Crippen LogP contribution in [0.3, 0.4) is 0 Å². The fourth-order valence-electron chi connectivity index (χ4n) is 5.05. The summed E-state index contributed by atoms with van der Waals surface area (Å²) in [5.74, 6) is -0.248. The van der Waals surface area contributed by atoms with Crippen LogP contribution in [0.5, 0.6) is 0 Å². The van der Waals surface area contributed by atoms with Crippen LogP contribution >= 0.6 is 11.6 Å². The smallest absolute Gasteiger partial charge is 0.295 e. The molecule has 6 rings (SSSR count). The van der Waals surface area contributed by atoms with Crippen molar-refractivity contribution in [2.45, 2.75) is 19.6 Å². The van der Waals surface area contributed by atoms with Crippen LogP contribution in [0.2, 0.25) is 5.28 Å². The van der Waals surface area contributed by atoms with Crippen molar-refractivity contribution < 1.29 is 47.7 Å². The quantitative estimate of drug-likeness (QED) is 0.0521. The normalized spacial score (nSPS) is 13.1. The van der Waals surface area contributed by atoms with Gasteiger partial charge in [-0.05, 0) is 72.3 Å². The van der Waals surface area contributed by atoms with Crippen molar-refractivity contribution in [2.24, 2.45) is 10.2 Å². The van der Waals surface area contributed by atoms with E-state index >= 15 is 0 Å². The molecule has 1 heterocycles. The lowest BCUT2D eigenvalue weighted by Gasteiger charge is -2.14. The number of rotatable bonds is 10. The zero-order valence-corrected chi connectivity index (χ0v) is 29.5. The highest BCUT2D eigenvalue weighted by molar-refractivity contribution is 7.86. The summed E-state index contributed by atoms with van der Waals surface area (Å²) in [5, 5.41) is 13.0. The van der Waals surface area contributed by atoms with Gasteiger partial charge in [0.25, 0.3) is 30.4 Å². The van der Waals surface area contributed by atoms with Gasteiger partial charge in [0.15, 0.2) is 11.1 Å². The summed E-state index contributed by atoms with van der Waals surface area (Å²) in [6.07, 6.45) is 0. The van der Waals surface area contributed by atoms with E-state index in [2.05, 4.69) is 35.8 Å². The fraction of sp³-hybridized carbons (Fsp3) is 0. The molecule has 0 aliphatic rings. The highest BCUT2D eigenvalue weighted by Gasteiger charge is 2.22. The van der Waals surface area contributed by atoms with E-state index in [1.807, 2.05) is 0 Å². The van der Waals surface area contributed by atoms with Crippen LogP contribution < -0.4 is 10.6 Å². The first-order valence-corrected chi connectivity index (χ1v) is 19.8. The molecule has 0 fully saturated rings. The third-order valence-electron chi connectivity index (χ3n) is 7.16. The molecule has 18 nitrogen and oxygen atoms in total. The van der Waals surface area contributed by atoms with E-state index in [1.165, 1.54) is 60.7 Å². The average molecular weight is 806 g/mol. The predicted molar refractivity (Wildman–Crippen MR) is 188 cm³/mol. The Morgan fingerprint density at radius 3 is 1.85 bits per heavy atom. The van der Waals surface area contributed by atoms with Crippen molar-refractivity contribution in [3.8, 4) is 0 Å². The Morgan fingerprint density at radius 2 is 1.23 bits per heavy atom. The monoisotopic (exact) mass is 805 g/mol. The number of hydrogen-bond donors (Lipinski definition) is 6. The maximum atomic E-state index is 12.5. The number of fused-ring (bicyclic) bond motifs is 2. The van der Waals surface area contributed by atoms with Gasteiger partial charge in [0.05, 0.1) is 22.0 Å². The van der Waals surface area contributed by atoms with Crippen LogP contribution in [-0.4, -0.2) is 62.6 Å². The molecule has 1 unspecified atom stereocenters. The van der Waals surface area contributed by atoms with Crippen molar-refractivity contribution in [2.75, 3.05) is 10.6 Å². The fourth-order valence-corrected chi connectivity index (χ4v) is 7.73. The molecule has 1 aromatic heterocycles. The lowest BCUT2D eigenvalue weighted by atomic mass is 10.1. The largest absolute Gasteiger partial charge is 0.324 e. The van der Waals surface area contributed by atoms with Gasteiger partial charge in [-0.25, -0.2) is 4.21 Å². The van der Waals surface area contributed by atoms with Gasteiger partial charge >= 0.3 is 0 Å². The molecule has 0 aliphatic carbocycles. The SMILES string of the molecule is O=S(O)c1ccc(Nc2nc(Cl)nc(Nc3ccc(N=Nc4cc(S(=O)(=O)O)c5cccc(S(=O)(=O)O)c5c4)c4cccc(S(=O)(=O)O)c34)n2)cc1. The number of benzene rings is 5. The lowest BCUT2D eigenvalue weighted by Crippen LogP contribution is -2.06. The van der Waals surface area contributed by atoms with Crippen molar-refractivity contribution in [1.29, 1.82) is 0 Å². The molecular weight excluding hydrogens is 786 g/mol. The highest BCUT2D eigenvalue weighted by Crippen LogP contribution is 2.39. The molecule has 0 radical (unpaired) electrons. The first-order chi connectivity index (χ1) is 24.4. The maximum absolute atomic E-state index is 12.5. The molecule has 0 spiro atoms. The van der Waals surface area contributed by atoms with Crippen LogP contribution in [0.25, 0.3) is 21.5 Å². The average Bonchev–Trinajstić information content (AvgIpc) is 3.05. The second kappa shape index (κ2) is 13.8. The molecule has 0 bridgehead atoms. The first kappa shape index (κ1) is 36.7. The first-order valence-electron chi connectivity index (χ1n) is 14.0. The third-order valence-corrected chi connectivity index (χ3v) is 10.7. The number of aromatic nitrogens is 3. The number of nitrogens with zero attached hydrogens (tertiary/aromatic N) is 5. The van der Waals surface area contributed by atoms with E-state index in [9.17, 15) is 47.7 Å². The van der Waals surface area contributed by atoms with E-state index < -0.39 is 56.1 Å². The van der Waals surface area contributed by atoms with Crippen LogP contribution in [0, 0.1) is 0 Å². The number of azo groups is 1. The molecule has 6 aromatic rings. The van der Waals surface area contributed by atoms with Gasteiger partial charge in [-0.3, -0.25) is 13.7 Å². The summed E-state index contributed by atoms with van der Waals surface area (Å²) in [4.78, 5) is 10.4. The van der Waals surface area contributed by atoms with Gasteiger partial charge in [0, 0.05) is 27.2 Å². The van der Waals surface area contributed by atoms with Crippen LogP contribution in [0.15, 0.2) is 115 Å². The summed E-state index contributed by atoms with van der Waals surface area (Å²) in [6.45, 7) is 0. The number of halogens is 1. The van der Waals surface area contributed by atoms with E-state index in [0.29, 0.717) is 5.69 Å². The summed E-state index contributed by atoms with van der Waals surface area (Å²) < 4.78 is 124. The van der Waals surface area contributed by atoms with Gasteiger partial charge in [0.1, 0.15) is 14.7 Å². The minimum Gasteiger partial charge on any atom is -0.324 e. The second-order valence-corrected chi connectivity index (χ2v) is 16.0. The Bertz CT molecular complexity index is 2820. The Hall–Kier alpha value is -5.04. The molecule has 23 heteroatoms. The zero-order valence-electron chi connectivity index (χ0n) is 25.5. The van der Waals surface area contributed by atoms with Crippen molar-refractivity contribution >= 4 is 109 Å². The van der Waals surface area contributed by atoms with E-state index in [1.54, 1.807) is 0 Å². The summed E-state index contributed by atoms with van der Waals surface area (Å²) in [6, 6.07) is 17.7. The van der Waals surface area contributed by atoms with Gasteiger partial charge in [-0.2, -0.15) is 45.3 Å². The van der Waals surface area contributed by atoms with Crippen LogP contribution in [0.1, 0.15) is 0 Å². The highest BCUT2D eigenvalue weighted by atomic mass is 35.5. The van der Waals surface area contributed by atoms with Crippen molar-refractivity contribution in [3.05, 3.63) is 90.2 Å². The Morgan fingerprint density at radius 1 is 0.635 bits per heavy atom. The molecule has 52 heavy (non-hydrogen) atoms. The molecule has 5 aromatic carbocycles. The standard InChI is InChI=1S/C29H20ClN7O11S4/c30-27-33-28(31-15-7-9-17(10-8-15)49(38)39)35-29(34-27)32-22-12-11-21(19-4-2-6-24(26(19)22)51(43,44)45)37-36-16-13-20-18(25(14-16)52(46,47)48)3-1-5-23(20)50(40,41)42/h1-14H,(H,38,39)(H,40,41,42)(H,43,44,45)(H,46,47,48)(H2,31,32,33,34,35). The topological polar surface area (TPSA) is 288 Å². The van der Waals surface area contributed by atoms with Crippen molar-refractivity contribution in [1.82, 2.24) is 15.0 Å². The summed E-state index contributed by atoms with van der Waals surface area (Å²) in [5.41, 5.74) is 0.144. The molecule has 0 saturated carbocycles. The van der Waals surface area contributed by atoms with Crippen molar-refractivity contribution in [3.63, 3.8) is 0 Å². The minimum atomic E-state index is -4.95. The van der Waals surface area contributed by atoms with Crippen LogP contribution in [-0.2, 0) is 41.4 Å². The molecule has 0 amide bonds. The van der Waals surface area contributed by atoms with Gasteiger partial charge in [-0.1, -0.05) is 24.3 Å². The predicted octanol–water partition coefficient (Wildman–Crippen LogP) is 6.05. The Labute approximate surface area is 301 Å². The van der Waals surface area contributed by atoms with E-state index in [-0.39, 0.29) is 60.7 Å². The Balaban J connectivity index is 1.44. The van der Waals surface area contributed by atoms with E-state index in [4.69, 9.17) is 11.6 Å². The van der Waals surface area contributed by atoms with Gasteiger partial charge in [-0.15, -0.1) is 5.11 Å².